The molecule has 0 spiro atoms. The van der Waals surface area contributed by atoms with Gasteiger partial charge in [-0.3, -0.25) is 24.1 Å². The Morgan fingerprint density at radius 3 is 0.860 bits per heavy atom. The van der Waals surface area contributed by atoms with Gasteiger partial charge in [-0.2, -0.15) is 0 Å². The Balaban J connectivity index is 5.83. The molecule has 14 heteroatoms. The van der Waals surface area contributed by atoms with Gasteiger partial charge < -0.3 is 43.6 Å². The molecule has 0 aromatic carbocycles. The van der Waals surface area contributed by atoms with E-state index in [-0.39, 0.29) is 109 Å². The molecular formula is C36H68N2O12. The number of hydrogen-bond donors (Lipinski definition) is 1. The van der Waals surface area contributed by atoms with Crippen molar-refractivity contribution in [2.75, 3.05) is 65.9 Å². The minimum Gasteiger partial charge on any atom is -0.460 e. The van der Waals surface area contributed by atoms with Gasteiger partial charge in [-0.15, -0.1) is 0 Å². The minimum absolute atomic E-state index is 0.0609. The summed E-state index contributed by atoms with van der Waals surface area (Å²) in [5.41, 5.74) is 3.62. The number of rotatable bonds is 24. The molecule has 0 saturated heterocycles. The molecule has 0 fully saturated rings. The second-order valence-corrected chi connectivity index (χ2v) is 16.0. The highest BCUT2D eigenvalue weighted by Gasteiger charge is 2.28. The molecule has 0 bridgehead atoms. The van der Waals surface area contributed by atoms with E-state index in [0.29, 0.717) is 6.54 Å². The van der Waals surface area contributed by atoms with E-state index in [1.54, 1.807) is 83.1 Å². The fraction of sp³-hybridized carbons (Fsp3) is 0.889. The molecule has 0 amide bonds. The summed E-state index contributed by atoms with van der Waals surface area (Å²) in [6, 6.07) is -0.797. The molecular weight excluding hydrogens is 652 g/mol. The molecule has 0 aliphatic heterocycles. The van der Waals surface area contributed by atoms with Crippen LogP contribution in [0.15, 0.2) is 0 Å². The Hall–Kier alpha value is -2.36. The van der Waals surface area contributed by atoms with Crippen molar-refractivity contribution in [1.29, 1.82) is 0 Å². The van der Waals surface area contributed by atoms with E-state index in [2.05, 4.69) is 0 Å². The van der Waals surface area contributed by atoms with Crippen molar-refractivity contribution in [2.24, 2.45) is 5.73 Å². The topological polar surface area (TPSA) is 171 Å². The Bertz CT molecular complexity index is 845. The van der Waals surface area contributed by atoms with E-state index < -0.39 is 34.5 Å². The van der Waals surface area contributed by atoms with Crippen molar-refractivity contribution in [3.05, 3.63) is 0 Å². The number of hydrogen-bond acceptors (Lipinski definition) is 14. The average molecular weight is 721 g/mol. The number of nitrogens with two attached hydrogens (primary N) is 1. The predicted molar refractivity (Wildman–Crippen MR) is 188 cm³/mol. The monoisotopic (exact) mass is 720 g/mol. The molecule has 2 N–H and O–H groups in total. The second-order valence-electron chi connectivity index (χ2n) is 16.0. The third-order valence-electron chi connectivity index (χ3n) is 6.05. The van der Waals surface area contributed by atoms with Gasteiger partial charge in [0.2, 0.25) is 0 Å². The molecule has 0 aliphatic rings. The van der Waals surface area contributed by atoms with Gasteiger partial charge in [-0.25, -0.2) is 0 Å². The molecule has 0 rings (SSSR count). The summed E-state index contributed by atoms with van der Waals surface area (Å²) < 4.78 is 45.4. The third-order valence-corrected chi connectivity index (χ3v) is 6.05. The smallest absolute Gasteiger partial charge is 0.308 e. The lowest BCUT2D eigenvalue weighted by Crippen LogP contribution is -2.53. The summed E-state index contributed by atoms with van der Waals surface area (Å²) in [6.07, 6.45) is 0.243. The lowest BCUT2D eigenvalue weighted by molar-refractivity contribution is -0.157. The Kier molecular flexibility index (Phi) is 22.2. The van der Waals surface area contributed by atoms with Crippen LogP contribution in [0.4, 0.5) is 0 Å². The van der Waals surface area contributed by atoms with Crippen LogP contribution in [0.5, 0.6) is 0 Å². The van der Waals surface area contributed by atoms with Gasteiger partial charge in [0.05, 0.1) is 90.6 Å². The maximum atomic E-state index is 12.3. The highest BCUT2D eigenvalue weighted by atomic mass is 16.6. The van der Waals surface area contributed by atoms with Crippen LogP contribution in [0.25, 0.3) is 0 Å². The average Bonchev–Trinajstić information content (AvgIpc) is 2.90. The second kappa shape index (κ2) is 23.3. The normalized spacial score (nSPS) is 12.8. The summed E-state index contributed by atoms with van der Waals surface area (Å²) >= 11 is 0. The maximum Gasteiger partial charge on any atom is 0.308 e. The molecule has 0 aliphatic carbocycles. The Morgan fingerprint density at radius 1 is 0.460 bits per heavy atom. The standard InChI is InChI=1S/C36H68N2O12/c1-33(2,3)47-29(39)13-19-43-23-27(24-44-20-14-30(40)48-34(4,5)6)38(18-17-37)28(25-45-21-15-31(41)49-35(7,8)9)26-46-22-16-32(42)50-36(10,11)12/h27-28H,13-26,37H2,1-12H3. The van der Waals surface area contributed by atoms with Gasteiger partial charge in [0.25, 0.3) is 0 Å². The number of nitrogens with zero attached hydrogens (tertiary/aromatic N) is 1. The van der Waals surface area contributed by atoms with E-state index in [1.165, 1.54) is 0 Å². The molecule has 0 saturated carbocycles. The zero-order chi connectivity index (χ0) is 38.6. The fourth-order valence-electron chi connectivity index (χ4n) is 4.36. The van der Waals surface area contributed by atoms with E-state index in [9.17, 15) is 19.2 Å². The van der Waals surface area contributed by atoms with Crippen LogP contribution in [-0.4, -0.2) is 129 Å². The third kappa shape index (κ3) is 28.3. The predicted octanol–water partition coefficient (Wildman–Crippen LogP) is 3.98. The highest BCUT2D eigenvalue weighted by molar-refractivity contribution is 5.71. The first-order valence-corrected chi connectivity index (χ1v) is 17.5. The molecule has 0 aromatic rings. The van der Waals surface area contributed by atoms with Crippen LogP contribution in [-0.2, 0) is 57.1 Å². The molecule has 0 aromatic heterocycles. The fourth-order valence-corrected chi connectivity index (χ4v) is 4.36. The van der Waals surface area contributed by atoms with Crippen LogP contribution in [0.2, 0.25) is 0 Å². The number of carbonyl (C=O) groups excluding carboxylic acids is 4. The lowest BCUT2D eigenvalue weighted by Gasteiger charge is -2.37. The van der Waals surface area contributed by atoms with Gasteiger partial charge in [-0.1, -0.05) is 0 Å². The molecule has 14 nitrogen and oxygen atoms in total. The Labute approximate surface area is 300 Å². The van der Waals surface area contributed by atoms with E-state index in [0.717, 1.165) is 0 Å². The first kappa shape index (κ1) is 47.6. The summed E-state index contributed by atoms with van der Waals surface area (Å²) in [5, 5.41) is 0. The van der Waals surface area contributed by atoms with Crippen molar-refractivity contribution in [2.45, 2.75) is 143 Å². The van der Waals surface area contributed by atoms with Crippen LogP contribution in [0.3, 0.4) is 0 Å². The van der Waals surface area contributed by atoms with Crippen LogP contribution < -0.4 is 5.73 Å². The van der Waals surface area contributed by atoms with Crippen molar-refractivity contribution >= 4 is 23.9 Å². The first-order valence-electron chi connectivity index (χ1n) is 17.5. The number of esters is 4. The number of ether oxygens (including phenoxy) is 8. The summed E-state index contributed by atoms with van der Waals surface area (Å²) in [6.45, 7) is 23.3. The van der Waals surface area contributed by atoms with Crippen LogP contribution in [0, 0.1) is 0 Å². The quantitative estimate of drug-likeness (QED) is 0.0863. The Morgan fingerprint density at radius 2 is 0.680 bits per heavy atom. The van der Waals surface area contributed by atoms with Gasteiger partial charge in [0, 0.05) is 13.1 Å². The molecule has 50 heavy (non-hydrogen) atoms. The van der Waals surface area contributed by atoms with Crippen molar-refractivity contribution in [3.8, 4) is 0 Å². The van der Waals surface area contributed by atoms with Gasteiger partial charge in [-0.05, 0) is 83.1 Å². The summed E-state index contributed by atoms with van der Waals surface area (Å²) in [7, 11) is 0. The summed E-state index contributed by atoms with van der Waals surface area (Å²) in [4.78, 5) is 51.1. The first-order chi connectivity index (χ1) is 22.9. The minimum atomic E-state index is -0.611. The van der Waals surface area contributed by atoms with Crippen molar-refractivity contribution in [3.63, 3.8) is 0 Å². The molecule has 0 unspecified atom stereocenters. The molecule has 0 atom stereocenters. The zero-order valence-corrected chi connectivity index (χ0v) is 33.0. The van der Waals surface area contributed by atoms with Crippen LogP contribution in [0.1, 0.15) is 109 Å². The lowest BCUT2D eigenvalue weighted by atomic mass is 10.1. The van der Waals surface area contributed by atoms with Gasteiger partial charge >= 0.3 is 23.9 Å². The molecule has 294 valence electrons. The van der Waals surface area contributed by atoms with E-state index >= 15 is 0 Å². The van der Waals surface area contributed by atoms with Gasteiger partial charge in [0.1, 0.15) is 22.4 Å². The van der Waals surface area contributed by atoms with Crippen molar-refractivity contribution < 1.29 is 57.1 Å². The maximum absolute atomic E-state index is 12.3. The largest absolute Gasteiger partial charge is 0.460 e. The van der Waals surface area contributed by atoms with E-state index in [1.807, 2.05) is 4.90 Å². The SMILES string of the molecule is CC(C)(C)OC(=O)CCOCC(COCCC(=O)OC(C)(C)C)N(CCN)C(COCCC(=O)OC(C)(C)C)COCCC(=O)OC(C)(C)C. The summed E-state index contributed by atoms with van der Waals surface area (Å²) in [5.74, 6) is -1.51. The zero-order valence-electron chi connectivity index (χ0n) is 33.0. The number of carbonyl (C=O) groups is 4. The molecule has 0 radical (unpaired) electrons. The van der Waals surface area contributed by atoms with Crippen molar-refractivity contribution in [1.82, 2.24) is 4.90 Å². The van der Waals surface area contributed by atoms with E-state index in [4.69, 9.17) is 43.6 Å². The highest BCUT2D eigenvalue weighted by Crippen LogP contribution is 2.14. The van der Waals surface area contributed by atoms with Gasteiger partial charge in [0.15, 0.2) is 0 Å². The van der Waals surface area contributed by atoms with Crippen LogP contribution >= 0.6 is 0 Å². The molecule has 0 heterocycles.